The molecule has 0 aliphatic heterocycles. The van der Waals surface area contributed by atoms with Crippen LogP contribution in [0.15, 0.2) is 85.1 Å². The van der Waals surface area contributed by atoms with Gasteiger partial charge in [-0.3, -0.25) is 0 Å². The van der Waals surface area contributed by atoms with Crippen molar-refractivity contribution >= 4 is 25.2 Å². The van der Waals surface area contributed by atoms with Crippen LogP contribution in [0.1, 0.15) is 43.9 Å². The number of hydrogen-bond donors (Lipinski definition) is 0. The van der Waals surface area contributed by atoms with Gasteiger partial charge in [-0.1, -0.05) is 0 Å². The summed E-state index contributed by atoms with van der Waals surface area (Å²) in [6.45, 7) is 6.78. The Hall–Kier alpha value is -3.89. The van der Waals surface area contributed by atoms with E-state index in [1.54, 1.807) is 14.0 Å². The van der Waals surface area contributed by atoms with Gasteiger partial charge < -0.3 is 0 Å². The first-order valence-corrected chi connectivity index (χ1v) is 18.4. The molecule has 0 aliphatic carbocycles. The standard InChI is InChI=1S/C36H40AsNO5/c1-5-37(34(39)19-14-26-11-9-8-10-12-26)24-30-23-28(29-16-20-35(38-25-29)42-6-2)15-17-31(30)32-21-27(13-18-33(32)41-4)22-36(40)43-7-3/h8-13,15-18,20-21,23,25H,5-7,14,19,22,24H2,1-4H3. The first-order chi connectivity index (χ1) is 20.9. The number of methoxy groups -OCH3 is 1. The Labute approximate surface area is 259 Å². The number of aromatic nitrogens is 1. The maximum absolute atomic E-state index is 13.6. The fraction of sp³-hybridized carbons (Fsp3) is 0.306. The predicted molar refractivity (Wildman–Crippen MR) is 173 cm³/mol. The number of ether oxygens (including phenoxy) is 3. The maximum atomic E-state index is 13.6. The molecule has 4 aromatic rings. The van der Waals surface area contributed by atoms with Crippen molar-refractivity contribution in [2.75, 3.05) is 20.3 Å². The Morgan fingerprint density at radius 3 is 2.28 bits per heavy atom. The Kier molecular flexibility index (Phi) is 12.0. The molecule has 7 heteroatoms. The summed E-state index contributed by atoms with van der Waals surface area (Å²) in [7, 11) is 1.65. The summed E-state index contributed by atoms with van der Waals surface area (Å²) in [5, 5.41) is 1.62. The molecule has 43 heavy (non-hydrogen) atoms. The van der Waals surface area contributed by atoms with E-state index in [9.17, 15) is 9.59 Å². The quantitative estimate of drug-likeness (QED) is 0.100. The zero-order chi connectivity index (χ0) is 30.6. The molecule has 6 nitrogen and oxygen atoms in total. The predicted octanol–water partition coefficient (Wildman–Crippen LogP) is 7.27. The van der Waals surface area contributed by atoms with Crippen LogP contribution in [-0.2, 0) is 32.4 Å². The number of pyridine rings is 1. The number of hydrogen-bond acceptors (Lipinski definition) is 6. The van der Waals surface area contributed by atoms with Crippen molar-refractivity contribution in [3.05, 3.63) is 102 Å². The van der Waals surface area contributed by atoms with Gasteiger partial charge in [0, 0.05) is 0 Å². The normalized spacial score (nSPS) is 11.5. The van der Waals surface area contributed by atoms with E-state index in [-0.39, 0.29) is 12.4 Å². The number of aryl methyl sites for hydroxylation is 1. The van der Waals surface area contributed by atoms with E-state index >= 15 is 0 Å². The van der Waals surface area contributed by atoms with Crippen LogP contribution < -0.4 is 9.47 Å². The van der Waals surface area contributed by atoms with Crippen LogP contribution in [0, 0.1) is 0 Å². The fourth-order valence-electron chi connectivity index (χ4n) is 5.04. The fourth-order valence-corrected chi connectivity index (χ4v) is 8.93. The monoisotopic (exact) mass is 641 g/mol. The summed E-state index contributed by atoms with van der Waals surface area (Å²) in [6.07, 6.45) is 3.33. The molecule has 0 amide bonds. The topological polar surface area (TPSA) is 74.7 Å². The van der Waals surface area contributed by atoms with Crippen LogP contribution in [0.25, 0.3) is 22.3 Å². The van der Waals surface area contributed by atoms with E-state index in [1.165, 1.54) is 5.56 Å². The minimum absolute atomic E-state index is 0.181. The third kappa shape index (κ3) is 8.81. The van der Waals surface area contributed by atoms with Crippen molar-refractivity contribution in [3.63, 3.8) is 0 Å². The molecule has 1 heterocycles. The first-order valence-electron chi connectivity index (χ1n) is 14.8. The van der Waals surface area contributed by atoms with Gasteiger partial charge in [0.1, 0.15) is 0 Å². The van der Waals surface area contributed by atoms with Gasteiger partial charge in [-0.2, -0.15) is 0 Å². The number of carbonyl (C=O) groups excluding carboxylic acids is 2. The van der Waals surface area contributed by atoms with Crippen molar-refractivity contribution in [2.24, 2.45) is 0 Å². The Balaban J connectivity index is 1.72. The van der Waals surface area contributed by atoms with E-state index in [0.717, 1.165) is 56.0 Å². The van der Waals surface area contributed by atoms with Crippen molar-refractivity contribution < 1.29 is 23.8 Å². The van der Waals surface area contributed by atoms with Gasteiger partial charge in [-0.05, 0) is 0 Å². The molecule has 0 fully saturated rings. The second-order valence-electron chi connectivity index (χ2n) is 10.1. The Morgan fingerprint density at radius 2 is 1.60 bits per heavy atom. The van der Waals surface area contributed by atoms with Gasteiger partial charge >= 0.3 is 260 Å². The van der Waals surface area contributed by atoms with Crippen molar-refractivity contribution in [1.82, 2.24) is 4.98 Å². The summed E-state index contributed by atoms with van der Waals surface area (Å²) in [4.78, 5) is 30.3. The molecule has 0 N–H and O–H groups in total. The van der Waals surface area contributed by atoms with Crippen LogP contribution in [0.5, 0.6) is 11.6 Å². The molecule has 0 aliphatic rings. The average molecular weight is 642 g/mol. The van der Waals surface area contributed by atoms with Gasteiger partial charge in [0.2, 0.25) is 0 Å². The van der Waals surface area contributed by atoms with Gasteiger partial charge in [0.25, 0.3) is 0 Å². The van der Waals surface area contributed by atoms with Crippen LogP contribution in [0.2, 0.25) is 5.21 Å². The van der Waals surface area contributed by atoms with E-state index in [1.807, 2.05) is 61.7 Å². The molecule has 0 radical (unpaired) electrons. The average Bonchev–Trinajstić information content (AvgIpc) is 3.03. The number of carbonyl (C=O) groups is 2. The molecule has 4 rings (SSSR count). The van der Waals surface area contributed by atoms with Crippen LogP contribution in [0.3, 0.4) is 0 Å². The van der Waals surface area contributed by atoms with Gasteiger partial charge in [-0.15, -0.1) is 0 Å². The summed E-state index contributed by atoms with van der Waals surface area (Å²) in [6, 6.07) is 26.3. The minimum atomic E-state index is -1.90. The zero-order valence-electron chi connectivity index (χ0n) is 25.5. The molecule has 0 saturated carbocycles. The van der Waals surface area contributed by atoms with Gasteiger partial charge in [0.15, 0.2) is 0 Å². The summed E-state index contributed by atoms with van der Waals surface area (Å²) in [5.41, 5.74) is 7.06. The zero-order valence-corrected chi connectivity index (χ0v) is 27.3. The molecule has 3 aromatic carbocycles. The van der Waals surface area contributed by atoms with E-state index in [2.05, 4.69) is 42.2 Å². The number of benzene rings is 3. The van der Waals surface area contributed by atoms with Crippen molar-refractivity contribution in [3.8, 4) is 33.9 Å². The van der Waals surface area contributed by atoms with Crippen LogP contribution in [-0.4, -0.2) is 50.5 Å². The molecule has 224 valence electrons. The molecule has 1 aromatic heterocycles. The number of rotatable bonds is 15. The second-order valence-corrected chi connectivity index (χ2v) is 15.4. The first kappa shape index (κ1) is 32.0. The SMILES string of the molecule is CCOC(=O)Cc1ccc(OC)c(-c2ccc(-c3ccc(OCC)nc3)cc2C[As](CC)C(=O)CCc2ccccc2)c1. The van der Waals surface area contributed by atoms with E-state index < -0.39 is 14.7 Å². The van der Waals surface area contributed by atoms with Crippen molar-refractivity contribution in [2.45, 2.75) is 50.5 Å². The molecule has 0 saturated heterocycles. The number of nitrogens with zero attached hydrogens (tertiary/aromatic N) is 1. The number of esters is 1. The molecule has 1 atom stereocenters. The third-order valence-electron chi connectivity index (χ3n) is 7.24. The van der Waals surface area contributed by atoms with Crippen LogP contribution >= 0.6 is 0 Å². The third-order valence-corrected chi connectivity index (χ3v) is 12.3. The molecule has 1 unspecified atom stereocenters. The van der Waals surface area contributed by atoms with Crippen molar-refractivity contribution in [1.29, 1.82) is 0 Å². The molecular formula is C36H40AsNO5. The summed E-state index contributed by atoms with van der Waals surface area (Å²) < 4.78 is 16.9. The molecular weight excluding hydrogens is 601 g/mol. The molecule has 0 spiro atoms. The van der Waals surface area contributed by atoms with E-state index in [0.29, 0.717) is 30.1 Å². The molecule has 0 bridgehead atoms. The Morgan fingerprint density at radius 1 is 0.814 bits per heavy atom. The second kappa shape index (κ2) is 16.1. The Bertz CT molecular complexity index is 1500. The summed E-state index contributed by atoms with van der Waals surface area (Å²) in [5.74, 6) is 1.05. The summed E-state index contributed by atoms with van der Waals surface area (Å²) >= 11 is -1.90. The van der Waals surface area contributed by atoms with E-state index in [4.69, 9.17) is 14.2 Å². The van der Waals surface area contributed by atoms with Crippen LogP contribution in [0.4, 0.5) is 0 Å². The van der Waals surface area contributed by atoms with Gasteiger partial charge in [0.05, 0.1) is 0 Å². The van der Waals surface area contributed by atoms with Gasteiger partial charge in [-0.25, -0.2) is 0 Å².